The molecule has 2 rings (SSSR count). The first kappa shape index (κ1) is 10.7. The van der Waals surface area contributed by atoms with Crippen LogP contribution >= 0.6 is 0 Å². The lowest BCUT2D eigenvalue weighted by molar-refractivity contribution is 0.364. The Morgan fingerprint density at radius 2 is 2.27 bits per heavy atom. The van der Waals surface area contributed by atoms with E-state index in [-0.39, 0.29) is 0 Å². The molecule has 0 bridgehead atoms. The first-order valence-electron chi connectivity index (χ1n) is 6.04. The number of nitrogens with zero attached hydrogens (tertiary/aromatic N) is 1. The van der Waals surface area contributed by atoms with Gasteiger partial charge in [0.05, 0.1) is 5.69 Å². The van der Waals surface area contributed by atoms with E-state index < -0.39 is 0 Å². The predicted octanol–water partition coefficient (Wildman–Crippen LogP) is 2.27. The van der Waals surface area contributed by atoms with Crippen molar-refractivity contribution in [2.75, 3.05) is 13.1 Å². The van der Waals surface area contributed by atoms with Gasteiger partial charge in [-0.15, -0.1) is 0 Å². The summed E-state index contributed by atoms with van der Waals surface area (Å²) in [6.45, 7) is 6.42. The van der Waals surface area contributed by atoms with Gasteiger partial charge in [-0.05, 0) is 25.8 Å². The van der Waals surface area contributed by atoms with Crippen molar-refractivity contribution in [1.82, 2.24) is 10.3 Å². The molecule has 1 saturated heterocycles. The van der Waals surface area contributed by atoms with Crippen LogP contribution in [0, 0.1) is 0 Å². The van der Waals surface area contributed by atoms with Gasteiger partial charge in [-0.2, -0.15) is 0 Å². The van der Waals surface area contributed by atoms with Crippen LogP contribution in [0.25, 0.3) is 0 Å². The summed E-state index contributed by atoms with van der Waals surface area (Å²) in [5.74, 6) is 2.53. The normalized spacial score (nSPS) is 21.9. The van der Waals surface area contributed by atoms with E-state index in [1.165, 1.54) is 12.8 Å². The second-order valence-corrected chi connectivity index (χ2v) is 4.17. The van der Waals surface area contributed by atoms with Crippen LogP contribution in [-0.2, 0) is 12.8 Å². The molecule has 0 radical (unpaired) electrons. The van der Waals surface area contributed by atoms with Gasteiger partial charge in [-0.25, -0.2) is 4.98 Å². The predicted molar refractivity (Wildman–Crippen MR) is 60.1 cm³/mol. The molecular formula is C12H20N2O. The number of aromatic nitrogens is 1. The number of nitrogens with one attached hydrogen (secondary N) is 1. The van der Waals surface area contributed by atoms with Crippen molar-refractivity contribution < 1.29 is 4.42 Å². The first-order chi connectivity index (χ1) is 7.35. The number of hydrogen-bond donors (Lipinski definition) is 1. The molecule has 0 amide bonds. The van der Waals surface area contributed by atoms with Crippen LogP contribution < -0.4 is 5.32 Å². The maximum atomic E-state index is 5.84. The molecule has 15 heavy (non-hydrogen) atoms. The summed E-state index contributed by atoms with van der Waals surface area (Å²) in [6, 6.07) is 0. The third kappa shape index (κ3) is 2.23. The maximum absolute atomic E-state index is 5.84. The van der Waals surface area contributed by atoms with E-state index in [1.807, 2.05) is 0 Å². The van der Waals surface area contributed by atoms with Crippen LogP contribution in [0.5, 0.6) is 0 Å². The van der Waals surface area contributed by atoms with Crippen molar-refractivity contribution in [2.45, 2.75) is 45.4 Å². The largest absolute Gasteiger partial charge is 0.445 e. The Labute approximate surface area is 91.3 Å². The third-order valence-corrected chi connectivity index (χ3v) is 3.10. The highest BCUT2D eigenvalue weighted by molar-refractivity contribution is 5.12. The lowest BCUT2D eigenvalue weighted by Gasteiger charge is -2.19. The van der Waals surface area contributed by atoms with Gasteiger partial charge in [0, 0.05) is 18.9 Å². The molecule has 3 nitrogen and oxygen atoms in total. The Kier molecular flexibility index (Phi) is 3.41. The average Bonchev–Trinajstić information content (AvgIpc) is 2.73. The second-order valence-electron chi connectivity index (χ2n) is 4.17. The molecule has 0 spiro atoms. The van der Waals surface area contributed by atoms with E-state index in [0.717, 1.165) is 43.3 Å². The zero-order chi connectivity index (χ0) is 10.7. The quantitative estimate of drug-likeness (QED) is 0.828. The van der Waals surface area contributed by atoms with Crippen LogP contribution in [0.2, 0.25) is 0 Å². The Balaban J connectivity index is 2.16. The van der Waals surface area contributed by atoms with Crippen molar-refractivity contribution in [3.05, 3.63) is 17.3 Å². The average molecular weight is 208 g/mol. The van der Waals surface area contributed by atoms with Gasteiger partial charge in [0.15, 0.2) is 5.89 Å². The molecule has 3 heteroatoms. The molecule has 84 valence electrons. The Morgan fingerprint density at radius 1 is 1.40 bits per heavy atom. The van der Waals surface area contributed by atoms with Gasteiger partial charge in [0.1, 0.15) is 5.76 Å². The zero-order valence-electron chi connectivity index (χ0n) is 9.68. The van der Waals surface area contributed by atoms with Crippen molar-refractivity contribution >= 4 is 0 Å². The molecule has 0 aromatic carbocycles. The minimum Gasteiger partial charge on any atom is -0.445 e. The van der Waals surface area contributed by atoms with Crippen LogP contribution in [-0.4, -0.2) is 18.1 Å². The molecule has 0 saturated carbocycles. The van der Waals surface area contributed by atoms with Crippen molar-refractivity contribution in [2.24, 2.45) is 0 Å². The number of oxazole rings is 1. The number of hydrogen-bond acceptors (Lipinski definition) is 3. The molecule has 1 aromatic rings. The summed E-state index contributed by atoms with van der Waals surface area (Å²) in [7, 11) is 0. The van der Waals surface area contributed by atoms with Gasteiger partial charge in [-0.3, -0.25) is 0 Å². The zero-order valence-corrected chi connectivity index (χ0v) is 9.68. The Morgan fingerprint density at radius 3 is 2.80 bits per heavy atom. The van der Waals surface area contributed by atoms with E-state index in [4.69, 9.17) is 4.42 Å². The molecule has 1 aromatic heterocycles. The minimum atomic E-state index is 0.490. The van der Waals surface area contributed by atoms with E-state index >= 15 is 0 Å². The molecule has 1 atom stereocenters. The van der Waals surface area contributed by atoms with E-state index in [9.17, 15) is 0 Å². The van der Waals surface area contributed by atoms with Crippen molar-refractivity contribution in [3.8, 4) is 0 Å². The number of rotatable bonds is 3. The lowest BCUT2D eigenvalue weighted by Crippen LogP contribution is -2.28. The highest BCUT2D eigenvalue weighted by Crippen LogP contribution is 2.25. The second kappa shape index (κ2) is 4.79. The summed E-state index contributed by atoms with van der Waals surface area (Å²) in [5.41, 5.74) is 1.15. The summed E-state index contributed by atoms with van der Waals surface area (Å²) in [6.07, 6.45) is 4.37. The van der Waals surface area contributed by atoms with Crippen LogP contribution in [0.15, 0.2) is 4.42 Å². The fraction of sp³-hybridized carbons (Fsp3) is 0.750. The van der Waals surface area contributed by atoms with Crippen LogP contribution in [0.1, 0.15) is 50.0 Å². The topological polar surface area (TPSA) is 38.1 Å². The fourth-order valence-electron chi connectivity index (χ4n) is 2.19. The van der Waals surface area contributed by atoms with Crippen molar-refractivity contribution in [1.29, 1.82) is 0 Å². The van der Waals surface area contributed by atoms with Gasteiger partial charge in [-0.1, -0.05) is 13.8 Å². The van der Waals surface area contributed by atoms with Gasteiger partial charge >= 0.3 is 0 Å². The van der Waals surface area contributed by atoms with E-state index in [0.29, 0.717) is 5.92 Å². The molecule has 0 aliphatic carbocycles. The summed E-state index contributed by atoms with van der Waals surface area (Å²) < 4.78 is 5.84. The first-order valence-corrected chi connectivity index (χ1v) is 6.04. The lowest BCUT2D eigenvalue weighted by atomic mass is 10.00. The summed E-state index contributed by atoms with van der Waals surface area (Å²) in [4.78, 5) is 4.62. The van der Waals surface area contributed by atoms with Crippen molar-refractivity contribution in [3.63, 3.8) is 0 Å². The Hall–Kier alpha value is -0.830. The maximum Gasteiger partial charge on any atom is 0.199 e. The van der Waals surface area contributed by atoms with Crippen LogP contribution in [0.4, 0.5) is 0 Å². The van der Waals surface area contributed by atoms with E-state index in [1.54, 1.807) is 0 Å². The summed E-state index contributed by atoms with van der Waals surface area (Å²) in [5, 5.41) is 3.40. The highest BCUT2D eigenvalue weighted by Gasteiger charge is 2.21. The molecule has 1 N–H and O–H groups in total. The molecule has 1 fully saturated rings. The minimum absolute atomic E-state index is 0.490. The fourth-order valence-corrected chi connectivity index (χ4v) is 2.19. The number of aryl methyl sites for hydroxylation is 2. The monoisotopic (exact) mass is 208 g/mol. The number of piperidine rings is 1. The van der Waals surface area contributed by atoms with E-state index in [2.05, 4.69) is 24.1 Å². The van der Waals surface area contributed by atoms with Gasteiger partial charge < -0.3 is 9.73 Å². The standard InChI is InChI=1S/C12H20N2O/c1-3-10-11(4-2)15-12(14-10)9-6-5-7-13-8-9/h9,13H,3-8H2,1-2H3. The van der Waals surface area contributed by atoms with Crippen LogP contribution in [0.3, 0.4) is 0 Å². The highest BCUT2D eigenvalue weighted by atomic mass is 16.4. The summed E-state index contributed by atoms with van der Waals surface area (Å²) >= 11 is 0. The molecule has 1 unspecified atom stereocenters. The molecular weight excluding hydrogens is 188 g/mol. The SMILES string of the molecule is CCc1nc(C2CCCNC2)oc1CC. The van der Waals surface area contributed by atoms with Gasteiger partial charge in [0.2, 0.25) is 0 Å². The molecule has 1 aliphatic heterocycles. The smallest absolute Gasteiger partial charge is 0.199 e. The molecule has 1 aliphatic rings. The molecule has 2 heterocycles. The third-order valence-electron chi connectivity index (χ3n) is 3.10. The Bertz CT molecular complexity index is 292. The van der Waals surface area contributed by atoms with Gasteiger partial charge in [0.25, 0.3) is 0 Å².